The molecule has 3 nitrogen and oxygen atoms in total. The van der Waals surface area contributed by atoms with Gasteiger partial charge in [0.05, 0.1) is 26.2 Å². The van der Waals surface area contributed by atoms with Crippen LogP contribution in [0.4, 0.5) is 13.2 Å². The Morgan fingerprint density at radius 2 is 1.86 bits per heavy atom. The summed E-state index contributed by atoms with van der Waals surface area (Å²) in [6.07, 6.45) is -4.11. The quantitative estimate of drug-likeness (QED) is 0.767. The summed E-state index contributed by atoms with van der Waals surface area (Å²) in [6.45, 7) is 1.79. The molecule has 0 amide bonds. The molecule has 2 rings (SSSR count). The lowest BCUT2D eigenvalue weighted by atomic mass is 10.2. The predicted molar refractivity (Wildman–Crippen MR) is 79.9 cm³/mol. The Labute approximate surface area is 139 Å². The van der Waals surface area contributed by atoms with Crippen LogP contribution in [-0.4, -0.2) is 9.78 Å². The number of halogens is 5. The minimum absolute atomic E-state index is 0.0483. The first-order valence-electron chi connectivity index (χ1n) is 5.98. The number of hydrogen-bond donors (Lipinski definition) is 1. The van der Waals surface area contributed by atoms with Gasteiger partial charge in [-0.1, -0.05) is 30.1 Å². The highest BCUT2D eigenvalue weighted by molar-refractivity contribution is 7.80. The number of nitriles is 1. The van der Waals surface area contributed by atoms with Gasteiger partial charge in [-0.3, -0.25) is 0 Å². The third-order valence-electron chi connectivity index (χ3n) is 2.95. The first-order valence-corrected chi connectivity index (χ1v) is 7.18. The van der Waals surface area contributed by atoms with Crippen molar-refractivity contribution in [2.75, 3.05) is 0 Å². The average molecular weight is 366 g/mol. The van der Waals surface area contributed by atoms with Crippen molar-refractivity contribution >= 4 is 35.8 Å². The SMILES string of the molecule is CCc1c(S)c(C#N)nn1-c1c(Cl)cc(C(F)(F)F)cc1Cl. The van der Waals surface area contributed by atoms with Gasteiger partial charge >= 0.3 is 6.18 Å². The van der Waals surface area contributed by atoms with Crippen LogP contribution < -0.4 is 0 Å². The molecule has 1 aromatic heterocycles. The largest absolute Gasteiger partial charge is 0.416 e. The van der Waals surface area contributed by atoms with E-state index < -0.39 is 11.7 Å². The Morgan fingerprint density at radius 3 is 2.27 bits per heavy atom. The van der Waals surface area contributed by atoms with Gasteiger partial charge in [0.2, 0.25) is 0 Å². The van der Waals surface area contributed by atoms with E-state index in [0.29, 0.717) is 17.0 Å². The van der Waals surface area contributed by atoms with Gasteiger partial charge in [-0.05, 0) is 18.6 Å². The van der Waals surface area contributed by atoms with E-state index in [1.54, 1.807) is 6.92 Å². The molecule has 0 N–H and O–H groups in total. The molecule has 9 heteroatoms. The molecular formula is C13H8Cl2F3N3S. The third-order valence-corrected chi connectivity index (χ3v) is 4.00. The van der Waals surface area contributed by atoms with Gasteiger partial charge < -0.3 is 0 Å². The smallest absolute Gasteiger partial charge is 0.232 e. The van der Waals surface area contributed by atoms with E-state index in [0.717, 1.165) is 12.1 Å². The Morgan fingerprint density at radius 1 is 1.32 bits per heavy atom. The second-order valence-corrected chi connectivity index (χ2v) is 5.57. The van der Waals surface area contributed by atoms with E-state index in [1.807, 2.05) is 6.07 Å². The zero-order chi connectivity index (χ0) is 16.7. The normalized spacial score (nSPS) is 11.5. The van der Waals surface area contributed by atoms with E-state index in [-0.39, 0.29) is 21.4 Å². The maximum atomic E-state index is 12.8. The van der Waals surface area contributed by atoms with Crippen molar-refractivity contribution in [1.29, 1.82) is 5.26 Å². The fourth-order valence-electron chi connectivity index (χ4n) is 1.95. The van der Waals surface area contributed by atoms with Crippen molar-refractivity contribution < 1.29 is 13.2 Å². The highest BCUT2D eigenvalue weighted by atomic mass is 35.5. The maximum absolute atomic E-state index is 12.8. The lowest BCUT2D eigenvalue weighted by Gasteiger charge is -2.14. The highest BCUT2D eigenvalue weighted by Gasteiger charge is 2.32. The molecule has 0 saturated heterocycles. The van der Waals surface area contributed by atoms with Crippen molar-refractivity contribution in [2.24, 2.45) is 0 Å². The second kappa shape index (κ2) is 6.03. The van der Waals surface area contributed by atoms with E-state index in [1.165, 1.54) is 4.68 Å². The average Bonchev–Trinajstić information content (AvgIpc) is 2.73. The monoisotopic (exact) mass is 365 g/mol. The summed E-state index contributed by atoms with van der Waals surface area (Å²) in [4.78, 5) is 0.344. The van der Waals surface area contributed by atoms with Crippen LogP contribution in [-0.2, 0) is 12.6 Å². The standard InChI is InChI=1S/C13H8Cl2F3N3S/c1-2-10-12(22)9(5-19)20-21(10)11-7(14)3-6(4-8(11)15)13(16,17)18/h3-4,22H,2H2,1H3. The minimum atomic E-state index is -4.56. The number of hydrogen-bond acceptors (Lipinski definition) is 3. The van der Waals surface area contributed by atoms with Crippen LogP contribution in [0.15, 0.2) is 17.0 Å². The Balaban J connectivity index is 2.72. The molecule has 0 aliphatic heterocycles. The maximum Gasteiger partial charge on any atom is 0.416 e. The summed E-state index contributed by atoms with van der Waals surface area (Å²) >= 11 is 16.1. The summed E-state index contributed by atoms with van der Waals surface area (Å²) in [5.74, 6) is 0. The molecular weight excluding hydrogens is 358 g/mol. The van der Waals surface area contributed by atoms with Gasteiger partial charge in [0.15, 0.2) is 5.69 Å². The van der Waals surface area contributed by atoms with Crippen LogP contribution >= 0.6 is 35.8 Å². The molecule has 0 fully saturated rings. The van der Waals surface area contributed by atoms with E-state index in [9.17, 15) is 13.2 Å². The summed E-state index contributed by atoms with van der Waals surface area (Å²) < 4.78 is 39.5. The van der Waals surface area contributed by atoms with Crippen LogP contribution in [0.25, 0.3) is 5.69 Å². The van der Waals surface area contributed by atoms with Gasteiger partial charge in [-0.15, -0.1) is 12.6 Å². The minimum Gasteiger partial charge on any atom is -0.232 e. The summed E-state index contributed by atoms with van der Waals surface area (Å²) in [6, 6.07) is 3.40. The van der Waals surface area contributed by atoms with E-state index >= 15 is 0 Å². The molecule has 0 aliphatic rings. The summed E-state index contributed by atoms with van der Waals surface area (Å²) in [5.41, 5.74) is -0.288. The van der Waals surface area contributed by atoms with Crippen molar-refractivity contribution in [3.05, 3.63) is 39.1 Å². The molecule has 0 atom stereocenters. The number of nitrogens with zero attached hydrogens (tertiary/aromatic N) is 3. The van der Waals surface area contributed by atoms with Gasteiger partial charge in [-0.25, -0.2) is 4.68 Å². The molecule has 0 radical (unpaired) electrons. The topological polar surface area (TPSA) is 41.6 Å². The number of alkyl halides is 3. The Kier molecular flexibility index (Phi) is 4.66. The summed E-state index contributed by atoms with van der Waals surface area (Å²) in [7, 11) is 0. The van der Waals surface area contributed by atoms with E-state index in [2.05, 4.69) is 17.7 Å². The number of rotatable bonds is 2. The first-order chi connectivity index (χ1) is 10.2. The number of aromatic nitrogens is 2. The van der Waals surface area contributed by atoms with Crippen molar-refractivity contribution in [3.63, 3.8) is 0 Å². The van der Waals surface area contributed by atoms with Gasteiger partial charge in [0, 0.05) is 0 Å². The van der Waals surface area contributed by atoms with Crippen molar-refractivity contribution in [3.8, 4) is 11.8 Å². The Hall–Kier alpha value is -1.36. The molecule has 0 saturated carbocycles. The van der Waals surface area contributed by atoms with Crippen LogP contribution in [0, 0.1) is 11.3 Å². The lowest BCUT2D eigenvalue weighted by Crippen LogP contribution is -2.08. The fourth-order valence-corrected chi connectivity index (χ4v) is 2.95. The van der Waals surface area contributed by atoms with Crippen molar-refractivity contribution in [2.45, 2.75) is 24.4 Å². The zero-order valence-electron chi connectivity index (χ0n) is 11.0. The van der Waals surface area contributed by atoms with Crippen LogP contribution in [0.3, 0.4) is 0 Å². The fraction of sp³-hybridized carbons (Fsp3) is 0.231. The summed E-state index contributed by atoms with van der Waals surface area (Å²) in [5, 5.41) is 12.6. The van der Waals surface area contributed by atoms with E-state index in [4.69, 9.17) is 28.5 Å². The molecule has 0 unspecified atom stereocenters. The molecule has 0 aliphatic carbocycles. The van der Waals surface area contributed by atoms with Gasteiger partial charge in [-0.2, -0.15) is 23.5 Å². The number of benzene rings is 1. The van der Waals surface area contributed by atoms with Gasteiger partial charge in [0.25, 0.3) is 0 Å². The van der Waals surface area contributed by atoms with Crippen LogP contribution in [0.1, 0.15) is 23.9 Å². The van der Waals surface area contributed by atoms with Crippen LogP contribution in [0.2, 0.25) is 10.0 Å². The molecule has 22 heavy (non-hydrogen) atoms. The number of thiol groups is 1. The zero-order valence-corrected chi connectivity index (χ0v) is 13.4. The third kappa shape index (κ3) is 2.91. The second-order valence-electron chi connectivity index (χ2n) is 4.31. The van der Waals surface area contributed by atoms with Gasteiger partial charge in [0.1, 0.15) is 11.8 Å². The molecule has 0 spiro atoms. The predicted octanol–water partition coefficient (Wildman–Crippen LogP) is 4.92. The molecule has 1 aromatic carbocycles. The van der Waals surface area contributed by atoms with Crippen LogP contribution in [0.5, 0.6) is 0 Å². The van der Waals surface area contributed by atoms with Crippen molar-refractivity contribution in [1.82, 2.24) is 9.78 Å². The highest BCUT2D eigenvalue weighted by Crippen LogP contribution is 2.38. The molecule has 1 heterocycles. The Bertz CT molecular complexity index is 755. The molecule has 0 bridgehead atoms. The lowest BCUT2D eigenvalue weighted by molar-refractivity contribution is -0.137. The molecule has 116 valence electrons. The first kappa shape index (κ1) is 17.0. The molecule has 2 aromatic rings.